The number of halogens is 1. The van der Waals surface area contributed by atoms with E-state index >= 15 is 0 Å². The third kappa shape index (κ3) is 10.5. The molecule has 0 fully saturated rings. The fourth-order valence-corrected chi connectivity index (χ4v) is 2.71. The molecule has 7 nitrogen and oxygen atoms in total. The number of amides is 1. The average molecular weight is 540 g/mol. The van der Waals surface area contributed by atoms with Gasteiger partial charge in [-0.25, -0.2) is 4.99 Å². The Morgan fingerprint density at radius 1 is 1.06 bits per heavy atom. The number of benzene rings is 2. The number of methoxy groups -OCH3 is 1. The van der Waals surface area contributed by atoms with Crippen molar-refractivity contribution in [3.63, 3.8) is 0 Å². The van der Waals surface area contributed by atoms with E-state index in [1.165, 1.54) is 0 Å². The van der Waals surface area contributed by atoms with Crippen molar-refractivity contribution in [2.45, 2.75) is 26.8 Å². The number of para-hydroxylation sites is 1. The van der Waals surface area contributed by atoms with Gasteiger partial charge >= 0.3 is 0 Å². The Kier molecular flexibility index (Phi) is 13.3. The van der Waals surface area contributed by atoms with Gasteiger partial charge in [0.15, 0.2) is 5.96 Å². The van der Waals surface area contributed by atoms with E-state index < -0.39 is 0 Å². The van der Waals surface area contributed by atoms with Crippen LogP contribution in [0.1, 0.15) is 24.5 Å². The maximum absolute atomic E-state index is 12.2. The molecular weight excluding hydrogens is 507 g/mol. The molecule has 0 aliphatic heterocycles. The van der Waals surface area contributed by atoms with Crippen LogP contribution in [0.15, 0.2) is 53.5 Å². The summed E-state index contributed by atoms with van der Waals surface area (Å²) < 4.78 is 11.0. The summed E-state index contributed by atoms with van der Waals surface area (Å²) in [5.74, 6) is 1.27. The van der Waals surface area contributed by atoms with E-state index in [1.807, 2.05) is 62.4 Å². The lowest BCUT2D eigenvalue weighted by molar-refractivity contribution is -0.115. The first-order valence-corrected chi connectivity index (χ1v) is 10.2. The molecule has 0 spiro atoms. The van der Waals surface area contributed by atoms with Crippen LogP contribution in [-0.2, 0) is 16.1 Å². The third-order valence-corrected chi connectivity index (χ3v) is 4.20. The molecule has 31 heavy (non-hydrogen) atoms. The predicted octanol–water partition coefficient (Wildman–Crippen LogP) is 3.72. The molecule has 0 unspecified atom stereocenters. The molecule has 0 saturated carbocycles. The maximum Gasteiger partial charge on any atom is 0.243 e. The molecule has 1 amide bonds. The fourth-order valence-electron chi connectivity index (χ4n) is 2.71. The van der Waals surface area contributed by atoms with Crippen molar-refractivity contribution in [3.05, 3.63) is 59.7 Å². The molecule has 8 heteroatoms. The van der Waals surface area contributed by atoms with Crippen molar-refractivity contribution in [2.75, 3.05) is 38.7 Å². The standard InChI is InChI=1S/C23H32N4O3.HI/c1-4-24-23(26-17-22(28)27-20-9-6-5-7-10-20)25-16-19-12-11-18(2)15-21(19)30-14-8-13-29-3;/h5-7,9-12,15H,4,8,13-14,16-17H2,1-3H3,(H,27,28)(H2,24,25,26);1H. The van der Waals surface area contributed by atoms with Gasteiger partial charge in [0, 0.05) is 37.9 Å². The normalized spacial score (nSPS) is 10.7. The van der Waals surface area contributed by atoms with E-state index in [0.29, 0.717) is 32.3 Å². The van der Waals surface area contributed by atoms with Gasteiger partial charge in [-0.05, 0) is 37.6 Å². The summed E-state index contributed by atoms with van der Waals surface area (Å²) >= 11 is 0. The van der Waals surface area contributed by atoms with E-state index in [-0.39, 0.29) is 36.4 Å². The second-order valence-electron chi connectivity index (χ2n) is 6.77. The molecule has 2 rings (SSSR count). The first-order chi connectivity index (χ1) is 14.6. The number of aliphatic imine (C=N–C) groups is 1. The number of carbonyl (C=O) groups is 1. The molecule has 0 saturated heterocycles. The van der Waals surface area contributed by atoms with Gasteiger partial charge in [-0.1, -0.05) is 30.3 Å². The van der Waals surface area contributed by atoms with E-state index in [0.717, 1.165) is 29.0 Å². The van der Waals surface area contributed by atoms with E-state index in [1.54, 1.807) is 7.11 Å². The van der Waals surface area contributed by atoms with Crippen LogP contribution in [-0.4, -0.2) is 45.3 Å². The van der Waals surface area contributed by atoms with Crippen LogP contribution in [0.5, 0.6) is 5.75 Å². The van der Waals surface area contributed by atoms with Crippen LogP contribution in [0.4, 0.5) is 5.69 Å². The molecular formula is C23H33IN4O3. The average Bonchev–Trinajstić information content (AvgIpc) is 2.75. The minimum absolute atomic E-state index is 0. The number of anilines is 1. The van der Waals surface area contributed by atoms with Gasteiger partial charge in [0.25, 0.3) is 0 Å². The third-order valence-electron chi connectivity index (χ3n) is 4.20. The van der Waals surface area contributed by atoms with Crippen molar-refractivity contribution in [3.8, 4) is 5.75 Å². The summed E-state index contributed by atoms with van der Waals surface area (Å²) in [5, 5.41) is 9.08. The lowest BCUT2D eigenvalue weighted by Gasteiger charge is -2.14. The number of carbonyl (C=O) groups excluding carboxylic acids is 1. The van der Waals surface area contributed by atoms with Gasteiger partial charge in [-0.3, -0.25) is 4.79 Å². The predicted molar refractivity (Wildman–Crippen MR) is 136 cm³/mol. The number of nitrogens with zero attached hydrogens (tertiary/aromatic N) is 1. The molecule has 0 heterocycles. The van der Waals surface area contributed by atoms with E-state index in [9.17, 15) is 4.79 Å². The zero-order valence-electron chi connectivity index (χ0n) is 18.4. The van der Waals surface area contributed by atoms with Gasteiger partial charge in [0.2, 0.25) is 5.91 Å². The lowest BCUT2D eigenvalue weighted by Crippen LogP contribution is -2.41. The topological polar surface area (TPSA) is 84.0 Å². The highest BCUT2D eigenvalue weighted by Crippen LogP contribution is 2.21. The molecule has 0 radical (unpaired) electrons. The summed E-state index contributed by atoms with van der Waals surface area (Å²) in [5.41, 5.74) is 2.89. The van der Waals surface area contributed by atoms with Crippen molar-refractivity contribution in [2.24, 2.45) is 4.99 Å². The molecule has 3 N–H and O–H groups in total. The van der Waals surface area contributed by atoms with Gasteiger partial charge in [-0.2, -0.15) is 0 Å². The smallest absolute Gasteiger partial charge is 0.243 e. The van der Waals surface area contributed by atoms with Gasteiger partial charge in [-0.15, -0.1) is 24.0 Å². The molecule has 0 aliphatic carbocycles. The highest BCUT2D eigenvalue weighted by Gasteiger charge is 2.07. The highest BCUT2D eigenvalue weighted by molar-refractivity contribution is 14.0. The number of hydrogen-bond acceptors (Lipinski definition) is 4. The van der Waals surface area contributed by atoms with Crippen LogP contribution in [0, 0.1) is 6.92 Å². The Balaban J connectivity index is 0.00000480. The van der Waals surface area contributed by atoms with Gasteiger partial charge in [0.05, 0.1) is 19.7 Å². The van der Waals surface area contributed by atoms with Crippen LogP contribution < -0.4 is 20.7 Å². The second kappa shape index (κ2) is 15.5. The minimum Gasteiger partial charge on any atom is -0.493 e. The van der Waals surface area contributed by atoms with Crippen LogP contribution >= 0.6 is 24.0 Å². The van der Waals surface area contributed by atoms with E-state index in [2.05, 4.69) is 20.9 Å². The van der Waals surface area contributed by atoms with Crippen molar-refractivity contribution in [1.82, 2.24) is 10.6 Å². The Bertz CT molecular complexity index is 816. The first kappa shape index (κ1) is 26.7. The number of ether oxygens (including phenoxy) is 2. The molecule has 2 aromatic rings. The molecule has 0 aliphatic rings. The number of rotatable bonds is 11. The van der Waals surface area contributed by atoms with Crippen molar-refractivity contribution in [1.29, 1.82) is 0 Å². The molecule has 0 atom stereocenters. The maximum atomic E-state index is 12.2. The van der Waals surface area contributed by atoms with Crippen molar-refractivity contribution >= 4 is 41.5 Å². The Hall–Kier alpha value is -2.33. The lowest BCUT2D eigenvalue weighted by atomic mass is 10.1. The minimum atomic E-state index is -0.135. The van der Waals surface area contributed by atoms with E-state index in [4.69, 9.17) is 9.47 Å². The monoisotopic (exact) mass is 540 g/mol. The summed E-state index contributed by atoms with van der Waals surface area (Å²) in [7, 11) is 1.68. The Morgan fingerprint density at radius 2 is 1.84 bits per heavy atom. The zero-order chi connectivity index (χ0) is 21.6. The summed E-state index contributed by atoms with van der Waals surface area (Å²) in [6, 6.07) is 15.5. The second-order valence-corrected chi connectivity index (χ2v) is 6.77. The Labute approximate surface area is 202 Å². The molecule has 0 bridgehead atoms. The van der Waals surface area contributed by atoms with Crippen molar-refractivity contribution < 1.29 is 14.3 Å². The fraction of sp³-hybridized carbons (Fsp3) is 0.391. The van der Waals surface area contributed by atoms with Gasteiger partial charge < -0.3 is 25.4 Å². The van der Waals surface area contributed by atoms with Crippen LogP contribution in [0.25, 0.3) is 0 Å². The molecule has 0 aromatic heterocycles. The number of guanidine groups is 1. The van der Waals surface area contributed by atoms with Gasteiger partial charge in [0.1, 0.15) is 5.75 Å². The zero-order valence-corrected chi connectivity index (χ0v) is 20.8. The first-order valence-electron chi connectivity index (χ1n) is 10.2. The SMILES string of the molecule is CCNC(=NCc1ccc(C)cc1OCCCOC)NCC(=O)Nc1ccccc1.I. The number of nitrogens with one attached hydrogen (secondary N) is 3. The quantitative estimate of drug-likeness (QED) is 0.175. The summed E-state index contributed by atoms with van der Waals surface area (Å²) in [6.45, 7) is 6.53. The summed E-state index contributed by atoms with van der Waals surface area (Å²) in [4.78, 5) is 16.8. The largest absolute Gasteiger partial charge is 0.493 e. The summed E-state index contributed by atoms with van der Waals surface area (Å²) in [6.07, 6.45) is 0.827. The van der Waals surface area contributed by atoms with Crippen LogP contribution in [0.2, 0.25) is 0 Å². The number of hydrogen-bond donors (Lipinski definition) is 3. The van der Waals surface area contributed by atoms with Crippen LogP contribution in [0.3, 0.4) is 0 Å². The highest BCUT2D eigenvalue weighted by atomic mass is 127. The number of aryl methyl sites for hydroxylation is 1. The molecule has 170 valence electrons. The Morgan fingerprint density at radius 3 is 2.55 bits per heavy atom. The molecule has 2 aromatic carbocycles.